The lowest BCUT2D eigenvalue weighted by Crippen LogP contribution is -2.30. The van der Waals surface area contributed by atoms with E-state index in [2.05, 4.69) is 0 Å². The molecule has 1 aromatic carbocycles. The maximum atomic E-state index is 12.5. The fourth-order valence-electron chi connectivity index (χ4n) is 2.36. The Labute approximate surface area is 125 Å². The summed E-state index contributed by atoms with van der Waals surface area (Å²) >= 11 is 0. The highest BCUT2D eigenvalue weighted by Gasteiger charge is 2.27. The highest BCUT2D eigenvalue weighted by Crippen LogP contribution is 2.27. The number of hydrogen-bond acceptors (Lipinski definition) is 4. The predicted molar refractivity (Wildman–Crippen MR) is 79.9 cm³/mol. The maximum Gasteiger partial charge on any atom is 0.257 e. The van der Waals surface area contributed by atoms with Gasteiger partial charge in [-0.2, -0.15) is 0 Å². The number of carbonyl (C=O) groups excluding carboxylic acids is 1. The first-order valence-corrected chi connectivity index (χ1v) is 6.41. The zero-order valence-corrected chi connectivity index (χ0v) is 12.6. The minimum atomic E-state index is -0.00421. The van der Waals surface area contributed by atoms with Crippen LogP contribution in [-0.2, 0) is 0 Å². The summed E-state index contributed by atoms with van der Waals surface area (Å²) < 4.78 is 10.4. The van der Waals surface area contributed by atoms with Crippen molar-refractivity contribution in [2.45, 2.75) is 6.42 Å². The Balaban J connectivity index is 0.00000200. The molecular formula is C14H21ClN2O3. The van der Waals surface area contributed by atoms with Crippen molar-refractivity contribution in [3.63, 3.8) is 0 Å². The largest absolute Gasteiger partial charge is 0.497 e. The molecule has 5 nitrogen and oxygen atoms in total. The Bertz CT molecular complexity index is 468. The quantitative estimate of drug-likeness (QED) is 0.916. The topological polar surface area (TPSA) is 64.8 Å². The average molecular weight is 301 g/mol. The van der Waals surface area contributed by atoms with Crippen LogP contribution in [0.3, 0.4) is 0 Å². The van der Waals surface area contributed by atoms with Crippen molar-refractivity contribution >= 4 is 18.3 Å². The third kappa shape index (κ3) is 3.35. The number of rotatable bonds is 4. The van der Waals surface area contributed by atoms with Crippen LogP contribution in [0.5, 0.6) is 11.5 Å². The second-order valence-corrected chi connectivity index (χ2v) is 4.71. The molecule has 2 N–H and O–H groups in total. The maximum absolute atomic E-state index is 12.5. The Morgan fingerprint density at radius 3 is 2.70 bits per heavy atom. The van der Waals surface area contributed by atoms with Crippen LogP contribution in [0.4, 0.5) is 0 Å². The summed E-state index contributed by atoms with van der Waals surface area (Å²) in [6, 6.07) is 5.24. The molecular weight excluding hydrogens is 280 g/mol. The summed E-state index contributed by atoms with van der Waals surface area (Å²) in [5.74, 6) is 1.62. The lowest BCUT2D eigenvalue weighted by molar-refractivity contribution is 0.0784. The van der Waals surface area contributed by atoms with E-state index >= 15 is 0 Å². The molecule has 0 bridgehead atoms. The molecule has 1 aromatic rings. The zero-order valence-electron chi connectivity index (χ0n) is 11.8. The van der Waals surface area contributed by atoms with Gasteiger partial charge in [0, 0.05) is 19.2 Å². The Kier molecular flexibility index (Phi) is 6.10. The van der Waals surface area contributed by atoms with E-state index in [0.717, 1.165) is 19.5 Å². The van der Waals surface area contributed by atoms with E-state index in [0.29, 0.717) is 29.5 Å². The van der Waals surface area contributed by atoms with Gasteiger partial charge in [0.1, 0.15) is 11.5 Å². The molecule has 0 radical (unpaired) electrons. The molecule has 1 saturated heterocycles. The monoisotopic (exact) mass is 300 g/mol. The Morgan fingerprint density at radius 1 is 1.40 bits per heavy atom. The molecule has 1 atom stereocenters. The van der Waals surface area contributed by atoms with Gasteiger partial charge in [-0.1, -0.05) is 0 Å². The van der Waals surface area contributed by atoms with E-state index in [4.69, 9.17) is 15.2 Å². The van der Waals surface area contributed by atoms with E-state index < -0.39 is 0 Å². The second-order valence-electron chi connectivity index (χ2n) is 4.71. The number of benzene rings is 1. The van der Waals surface area contributed by atoms with Gasteiger partial charge in [0.2, 0.25) is 0 Å². The molecule has 1 amide bonds. The van der Waals surface area contributed by atoms with Gasteiger partial charge in [-0.25, -0.2) is 0 Å². The Morgan fingerprint density at radius 2 is 2.15 bits per heavy atom. The SMILES string of the molecule is COc1ccc(C(=O)N2CCC(CN)C2)c(OC)c1.Cl. The minimum absolute atomic E-state index is 0. The van der Waals surface area contributed by atoms with Crippen molar-refractivity contribution in [2.75, 3.05) is 33.9 Å². The van der Waals surface area contributed by atoms with E-state index in [9.17, 15) is 4.79 Å². The number of amides is 1. The smallest absolute Gasteiger partial charge is 0.257 e. The van der Waals surface area contributed by atoms with Crippen LogP contribution in [0.25, 0.3) is 0 Å². The van der Waals surface area contributed by atoms with E-state index in [1.165, 1.54) is 0 Å². The fourth-order valence-corrected chi connectivity index (χ4v) is 2.36. The van der Waals surface area contributed by atoms with Gasteiger partial charge < -0.3 is 20.1 Å². The zero-order chi connectivity index (χ0) is 13.8. The molecule has 1 fully saturated rings. The number of nitrogens with two attached hydrogens (primary N) is 1. The minimum Gasteiger partial charge on any atom is -0.497 e. The van der Waals surface area contributed by atoms with Crippen molar-refractivity contribution in [3.05, 3.63) is 23.8 Å². The highest BCUT2D eigenvalue weighted by molar-refractivity contribution is 5.97. The van der Waals surface area contributed by atoms with Crippen molar-refractivity contribution in [1.29, 1.82) is 0 Å². The summed E-state index contributed by atoms with van der Waals surface area (Å²) in [5.41, 5.74) is 6.22. The molecule has 112 valence electrons. The van der Waals surface area contributed by atoms with Gasteiger partial charge in [0.25, 0.3) is 5.91 Å². The molecule has 20 heavy (non-hydrogen) atoms. The number of likely N-dealkylation sites (tertiary alicyclic amines) is 1. The first-order valence-electron chi connectivity index (χ1n) is 6.41. The standard InChI is InChI=1S/C14H20N2O3.ClH/c1-18-11-3-4-12(13(7-11)19-2)14(17)16-6-5-10(8-15)9-16;/h3-4,7,10H,5-6,8-9,15H2,1-2H3;1H. The number of nitrogens with zero attached hydrogens (tertiary/aromatic N) is 1. The normalized spacial score (nSPS) is 17.6. The number of halogens is 1. The molecule has 1 aliphatic heterocycles. The number of methoxy groups -OCH3 is 2. The summed E-state index contributed by atoms with van der Waals surface area (Å²) in [4.78, 5) is 14.3. The van der Waals surface area contributed by atoms with Crippen molar-refractivity contribution in [1.82, 2.24) is 4.90 Å². The number of ether oxygens (including phenoxy) is 2. The van der Waals surface area contributed by atoms with Crippen LogP contribution < -0.4 is 15.2 Å². The van der Waals surface area contributed by atoms with Gasteiger partial charge in [0.15, 0.2) is 0 Å². The lowest BCUT2D eigenvalue weighted by atomic mass is 10.1. The van der Waals surface area contributed by atoms with E-state index in [1.807, 2.05) is 4.90 Å². The molecule has 0 saturated carbocycles. The van der Waals surface area contributed by atoms with Gasteiger partial charge in [0.05, 0.1) is 19.8 Å². The second kappa shape index (κ2) is 7.36. The molecule has 1 unspecified atom stereocenters. The van der Waals surface area contributed by atoms with E-state index in [1.54, 1.807) is 32.4 Å². The molecule has 6 heteroatoms. The first kappa shape index (κ1) is 16.6. The molecule has 0 spiro atoms. The summed E-state index contributed by atoms with van der Waals surface area (Å²) in [6.45, 7) is 2.12. The van der Waals surface area contributed by atoms with Gasteiger partial charge in [-0.3, -0.25) is 4.79 Å². The van der Waals surface area contributed by atoms with Crippen molar-refractivity contribution in [3.8, 4) is 11.5 Å². The summed E-state index contributed by atoms with van der Waals surface area (Å²) in [5, 5.41) is 0. The fraction of sp³-hybridized carbons (Fsp3) is 0.500. The van der Waals surface area contributed by atoms with Crippen LogP contribution in [0.2, 0.25) is 0 Å². The van der Waals surface area contributed by atoms with Crippen LogP contribution in [0.1, 0.15) is 16.8 Å². The molecule has 1 aliphatic rings. The molecule has 0 aromatic heterocycles. The van der Waals surface area contributed by atoms with E-state index in [-0.39, 0.29) is 18.3 Å². The van der Waals surface area contributed by atoms with Crippen LogP contribution >= 0.6 is 12.4 Å². The van der Waals surface area contributed by atoms with Crippen LogP contribution in [-0.4, -0.2) is 44.7 Å². The van der Waals surface area contributed by atoms with Gasteiger partial charge in [-0.05, 0) is 31.0 Å². The summed E-state index contributed by atoms with van der Waals surface area (Å²) in [6.07, 6.45) is 0.973. The van der Waals surface area contributed by atoms with Crippen molar-refractivity contribution in [2.24, 2.45) is 11.7 Å². The van der Waals surface area contributed by atoms with Gasteiger partial charge in [-0.15, -0.1) is 12.4 Å². The average Bonchev–Trinajstić information content (AvgIpc) is 2.94. The predicted octanol–water partition coefficient (Wildman–Crippen LogP) is 1.55. The molecule has 2 rings (SSSR count). The lowest BCUT2D eigenvalue weighted by Gasteiger charge is -2.18. The van der Waals surface area contributed by atoms with Gasteiger partial charge >= 0.3 is 0 Å². The van der Waals surface area contributed by atoms with Crippen molar-refractivity contribution < 1.29 is 14.3 Å². The number of hydrogen-bond donors (Lipinski definition) is 1. The highest BCUT2D eigenvalue weighted by atomic mass is 35.5. The third-order valence-corrected chi connectivity index (χ3v) is 3.55. The molecule has 0 aliphatic carbocycles. The van der Waals surface area contributed by atoms with Crippen LogP contribution in [0.15, 0.2) is 18.2 Å². The number of carbonyl (C=O) groups is 1. The first-order chi connectivity index (χ1) is 9.19. The Hall–Kier alpha value is -1.46. The summed E-state index contributed by atoms with van der Waals surface area (Å²) in [7, 11) is 3.14. The third-order valence-electron chi connectivity index (χ3n) is 3.55. The molecule has 1 heterocycles. The van der Waals surface area contributed by atoms with Crippen LogP contribution in [0, 0.1) is 5.92 Å².